The molecule has 1 N–H and O–H groups in total. The molecule has 0 aliphatic carbocycles. The van der Waals surface area contributed by atoms with Crippen molar-refractivity contribution in [1.29, 1.82) is 0 Å². The van der Waals surface area contributed by atoms with E-state index in [2.05, 4.69) is 21.2 Å². The maximum atomic E-state index is 12.0. The standard InChI is InChI=1S/C13H17BrF3NOS/c1-9(2)18-8-10-4-3-5-11(14)12(10)19-6-7-20-13(15,16)17/h3-5,9,18H,6-8H2,1-2H3. The first-order valence-corrected chi connectivity index (χ1v) is 7.91. The van der Waals surface area contributed by atoms with E-state index in [9.17, 15) is 13.2 Å². The lowest BCUT2D eigenvalue weighted by Crippen LogP contribution is -2.22. The first-order chi connectivity index (χ1) is 9.29. The summed E-state index contributed by atoms with van der Waals surface area (Å²) in [6.07, 6.45) is 0. The summed E-state index contributed by atoms with van der Waals surface area (Å²) in [4.78, 5) is 0. The fourth-order valence-corrected chi connectivity index (χ4v) is 2.39. The average molecular weight is 372 g/mol. The van der Waals surface area contributed by atoms with Gasteiger partial charge in [0, 0.05) is 23.9 Å². The van der Waals surface area contributed by atoms with Gasteiger partial charge in [0.2, 0.25) is 0 Å². The van der Waals surface area contributed by atoms with E-state index in [1.165, 1.54) is 0 Å². The van der Waals surface area contributed by atoms with Gasteiger partial charge in [-0.05, 0) is 33.8 Å². The zero-order chi connectivity index (χ0) is 15.2. The van der Waals surface area contributed by atoms with Gasteiger partial charge in [-0.15, -0.1) is 0 Å². The van der Waals surface area contributed by atoms with Crippen LogP contribution in [0.3, 0.4) is 0 Å². The predicted molar refractivity (Wildman–Crippen MR) is 80.1 cm³/mol. The maximum absolute atomic E-state index is 12.0. The van der Waals surface area contributed by atoms with Gasteiger partial charge in [0.05, 0.1) is 11.1 Å². The van der Waals surface area contributed by atoms with E-state index >= 15 is 0 Å². The van der Waals surface area contributed by atoms with Crippen LogP contribution >= 0.6 is 27.7 Å². The summed E-state index contributed by atoms with van der Waals surface area (Å²) in [5, 5.41) is 3.26. The highest BCUT2D eigenvalue weighted by molar-refractivity contribution is 9.10. The number of hydrogen-bond acceptors (Lipinski definition) is 3. The normalized spacial score (nSPS) is 11.9. The molecule has 0 fully saturated rings. The first-order valence-electron chi connectivity index (χ1n) is 6.14. The summed E-state index contributed by atoms with van der Waals surface area (Å²) >= 11 is 3.29. The molecule has 0 aliphatic rings. The Morgan fingerprint density at radius 2 is 2.05 bits per heavy atom. The molecule has 114 valence electrons. The predicted octanol–water partition coefficient (Wildman–Crippen LogP) is 4.58. The van der Waals surface area contributed by atoms with Crippen LogP contribution in [-0.4, -0.2) is 23.9 Å². The molecule has 0 heterocycles. The zero-order valence-corrected chi connectivity index (χ0v) is 13.7. The lowest BCUT2D eigenvalue weighted by atomic mass is 10.2. The molecule has 0 amide bonds. The third kappa shape index (κ3) is 6.85. The largest absolute Gasteiger partial charge is 0.491 e. The topological polar surface area (TPSA) is 21.3 Å². The molecule has 0 aliphatic heterocycles. The molecule has 0 saturated carbocycles. The van der Waals surface area contributed by atoms with Gasteiger partial charge in [-0.25, -0.2) is 0 Å². The summed E-state index contributed by atoms with van der Waals surface area (Å²) in [7, 11) is 0. The molecule has 0 spiro atoms. The number of rotatable bonds is 7. The van der Waals surface area contributed by atoms with Gasteiger partial charge < -0.3 is 10.1 Å². The van der Waals surface area contributed by atoms with Crippen molar-refractivity contribution in [1.82, 2.24) is 5.32 Å². The van der Waals surface area contributed by atoms with Gasteiger partial charge in [-0.1, -0.05) is 26.0 Å². The molecule has 0 bridgehead atoms. The first kappa shape index (κ1) is 17.7. The number of benzene rings is 1. The Balaban J connectivity index is 2.58. The number of halogens is 4. The Labute approximate surface area is 129 Å². The van der Waals surface area contributed by atoms with Crippen LogP contribution in [0.4, 0.5) is 13.2 Å². The Hall–Kier alpha value is -0.400. The van der Waals surface area contributed by atoms with Crippen LogP contribution in [0.25, 0.3) is 0 Å². The summed E-state index contributed by atoms with van der Waals surface area (Å²) in [6.45, 7) is 4.68. The van der Waals surface area contributed by atoms with Gasteiger partial charge in [0.15, 0.2) is 0 Å². The Bertz CT molecular complexity index is 427. The number of nitrogens with one attached hydrogen (secondary N) is 1. The van der Waals surface area contributed by atoms with Crippen molar-refractivity contribution in [2.24, 2.45) is 0 Å². The Morgan fingerprint density at radius 1 is 1.35 bits per heavy atom. The van der Waals surface area contributed by atoms with Crippen LogP contribution < -0.4 is 10.1 Å². The molecule has 0 aromatic heterocycles. The third-order valence-corrected chi connectivity index (χ3v) is 3.67. The molecule has 0 radical (unpaired) electrons. The van der Waals surface area contributed by atoms with E-state index in [4.69, 9.17) is 4.74 Å². The molecular weight excluding hydrogens is 355 g/mol. The number of ether oxygens (including phenoxy) is 1. The summed E-state index contributed by atoms with van der Waals surface area (Å²) in [6, 6.07) is 5.90. The fourth-order valence-electron chi connectivity index (χ4n) is 1.47. The molecule has 0 unspecified atom stereocenters. The van der Waals surface area contributed by atoms with Crippen molar-refractivity contribution in [2.45, 2.75) is 31.9 Å². The van der Waals surface area contributed by atoms with Crippen LogP contribution in [-0.2, 0) is 6.54 Å². The molecule has 7 heteroatoms. The molecule has 1 aromatic rings. The molecule has 1 rings (SSSR count). The molecule has 20 heavy (non-hydrogen) atoms. The minimum absolute atomic E-state index is 0.0153. The Kier molecular flexibility index (Phi) is 7.19. The minimum atomic E-state index is -4.21. The van der Waals surface area contributed by atoms with Crippen molar-refractivity contribution in [2.75, 3.05) is 12.4 Å². The monoisotopic (exact) mass is 371 g/mol. The van der Waals surface area contributed by atoms with Crippen LogP contribution in [0.1, 0.15) is 19.4 Å². The van der Waals surface area contributed by atoms with Crippen LogP contribution in [0.5, 0.6) is 5.75 Å². The molecule has 2 nitrogen and oxygen atoms in total. The highest BCUT2D eigenvalue weighted by Gasteiger charge is 2.27. The highest BCUT2D eigenvalue weighted by atomic mass is 79.9. The van der Waals surface area contributed by atoms with Gasteiger partial charge >= 0.3 is 5.51 Å². The van der Waals surface area contributed by atoms with Gasteiger partial charge in [0.1, 0.15) is 5.75 Å². The number of para-hydroxylation sites is 1. The van der Waals surface area contributed by atoms with Crippen molar-refractivity contribution in [3.8, 4) is 5.75 Å². The average Bonchev–Trinajstić information content (AvgIpc) is 2.32. The second-order valence-corrected chi connectivity index (χ2v) is 6.42. The van der Waals surface area contributed by atoms with Crippen molar-refractivity contribution in [3.63, 3.8) is 0 Å². The lowest BCUT2D eigenvalue weighted by Gasteiger charge is -2.15. The second-order valence-electron chi connectivity index (χ2n) is 4.41. The van der Waals surface area contributed by atoms with Crippen molar-refractivity contribution < 1.29 is 17.9 Å². The minimum Gasteiger partial charge on any atom is -0.491 e. The number of alkyl halides is 3. The fraction of sp³-hybridized carbons (Fsp3) is 0.538. The quantitative estimate of drug-likeness (QED) is 0.708. The third-order valence-electron chi connectivity index (χ3n) is 2.34. The molecule has 1 aromatic carbocycles. The summed E-state index contributed by atoms with van der Waals surface area (Å²) in [5.74, 6) is 0.477. The SMILES string of the molecule is CC(C)NCc1cccc(Br)c1OCCSC(F)(F)F. The van der Waals surface area contributed by atoms with Gasteiger partial charge in [-0.2, -0.15) is 13.2 Å². The van der Waals surface area contributed by atoms with Crippen LogP contribution in [0, 0.1) is 0 Å². The van der Waals surface area contributed by atoms with Crippen LogP contribution in [0.15, 0.2) is 22.7 Å². The van der Waals surface area contributed by atoms with E-state index < -0.39 is 5.51 Å². The van der Waals surface area contributed by atoms with E-state index in [0.29, 0.717) is 18.3 Å². The summed E-state index contributed by atoms with van der Waals surface area (Å²) in [5.41, 5.74) is -3.29. The van der Waals surface area contributed by atoms with Gasteiger partial charge in [0.25, 0.3) is 0 Å². The maximum Gasteiger partial charge on any atom is 0.441 e. The van der Waals surface area contributed by atoms with E-state index in [1.807, 2.05) is 32.0 Å². The number of hydrogen-bond donors (Lipinski definition) is 1. The second kappa shape index (κ2) is 8.14. The lowest BCUT2D eigenvalue weighted by molar-refractivity contribution is -0.0329. The molecular formula is C13H17BrF3NOS. The highest BCUT2D eigenvalue weighted by Crippen LogP contribution is 2.32. The zero-order valence-electron chi connectivity index (χ0n) is 11.3. The molecule has 0 saturated heterocycles. The smallest absolute Gasteiger partial charge is 0.441 e. The number of thioether (sulfide) groups is 1. The van der Waals surface area contributed by atoms with Crippen LogP contribution in [0.2, 0.25) is 0 Å². The van der Waals surface area contributed by atoms with E-state index in [-0.39, 0.29) is 24.1 Å². The molecule has 0 atom stereocenters. The van der Waals surface area contributed by atoms with Crippen molar-refractivity contribution in [3.05, 3.63) is 28.2 Å². The van der Waals surface area contributed by atoms with E-state index in [0.717, 1.165) is 10.0 Å². The Morgan fingerprint density at radius 3 is 2.65 bits per heavy atom. The van der Waals surface area contributed by atoms with E-state index in [1.54, 1.807) is 0 Å². The van der Waals surface area contributed by atoms with Crippen molar-refractivity contribution >= 4 is 27.7 Å². The summed E-state index contributed by atoms with van der Waals surface area (Å²) < 4.78 is 42.3. The van der Waals surface area contributed by atoms with Gasteiger partial charge in [-0.3, -0.25) is 0 Å².